The zero-order chi connectivity index (χ0) is 37.1. The van der Waals surface area contributed by atoms with Gasteiger partial charge in [0.1, 0.15) is 0 Å². The van der Waals surface area contributed by atoms with Crippen molar-refractivity contribution in [3.63, 3.8) is 0 Å². The fourth-order valence-electron chi connectivity index (χ4n) is 9.41. The van der Waals surface area contributed by atoms with Gasteiger partial charge in [-0.3, -0.25) is 0 Å². The molecule has 9 aromatic carbocycles. The summed E-state index contributed by atoms with van der Waals surface area (Å²) in [7, 11) is 0. The van der Waals surface area contributed by atoms with E-state index in [2.05, 4.69) is 229 Å². The first kappa shape index (κ1) is 32.2. The molecule has 1 spiro atoms. The Balaban J connectivity index is 1.09. The molecule has 262 valence electrons. The Hall–Kier alpha value is -7.22. The molecule has 0 aromatic heterocycles. The molecule has 0 atom stereocenters. The fourth-order valence-corrected chi connectivity index (χ4v) is 9.41. The van der Waals surface area contributed by atoms with E-state index >= 15 is 0 Å². The third kappa shape index (κ3) is 4.95. The van der Waals surface area contributed by atoms with Gasteiger partial charge in [-0.2, -0.15) is 0 Å². The summed E-state index contributed by atoms with van der Waals surface area (Å²) in [5.41, 5.74) is 20.8. The van der Waals surface area contributed by atoms with E-state index in [0.717, 1.165) is 17.1 Å². The molecule has 0 heterocycles. The third-order valence-electron chi connectivity index (χ3n) is 11.9. The molecule has 56 heavy (non-hydrogen) atoms. The van der Waals surface area contributed by atoms with E-state index < -0.39 is 5.41 Å². The maximum atomic E-state index is 2.47. The van der Waals surface area contributed by atoms with Crippen LogP contribution in [0.4, 0.5) is 17.1 Å². The van der Waals surface area contributed by atoms with Crippen molar-refractivity contribution in [2.45, 2.75) is 5.41 Å². The van der Waals surface area contributed by atoms with Crippen LogP contribution in [-0.4, -0.2) is 0 Å². The highest BCUT2D eigenvalue weighted by molar-refractivity contribution is 5.96. The molecule has 0 bridgehead atoms. The number of hydrogen-bond acceptors (Lipinski definition) is 1. The average Bonchev–Trinajstić information content (AvgIpc) is 3.75. The predicted octanol–water partition coefficient (Wildman–Crippen LogP) is 14.5. The Bertz CT molecular complexity index is 2820. The molecule has 11 rings (SSSR count). The van der Waals surface area contributed by atoms with Gasteiger partial charge in [0.25, 0.3) is 0 Å². The van der Waals surface area contributed by atoms with E-state index in [4.69, 9.17) is 0 Å². The minimum atomic E-state index is -0.416. The summed E-state index contributed by atoms with van der Waals surface area (Å²) < 4.78 is 0. The Kier molecular flexibility index (Phi) is 7.47. The van der Waals surface area contributed by atoms with Crippen LogP contribution in [0.25, 0.3) is 55.6 Å². The second kappa shape index (κ2) is 13.0. The van der Waals surface area contributed by atoms with Gasteiger partial charge in [0.15, 0.2) is 0 Å². The van der Waals surface area contributed by atoms with Crippen LogP contribution in [0.1, 0.15) is 22.3 Å². The Morgan fingerprint density at radius 3 is 1.14 bits per heavy atom. The Labute approximate surface area is 328 Å². The lowest BCUT2D eigenvalue weighted by Gasteiger charge is -2.32. The second-order valence-electron chi connectivity index (χ2n) is 14.9. The SMILES string of the molecule is c1ccc(-c2ccc(-c3cccc(N(c4ccc(-c5ccccc5)cc4)c4ccc5c(c4)C4(c6ccccc6-c6ccccc64)c4ccccc4-5)c3)cc2)cc1. The third-order valence-corrected chi connectivity index (χ3v) is 11.9. The molecule has 1 nitrogen and oxygen atoms in total. The van der Waals surface area contributed by atoms with Crippen LogP contribution in [0.2, 0.25) is 0 Å². The van der Waals surface area contributed by atoms with Gasteiger partial charge in [-0.25, -0.2) is 0 Å². The quantitative estimate of drug-likeness (QED) is 0.166. The van der Waals surface area contributed by atoms with Crippen LogP contribution >= 0.6 is 0 Å². The summed E-state index contributed by atoms with van der Waals surface area (Å²) in [6.45, 7) is 0. The number of nitrogens with zero attached hydrogens (tertiary/aromatic N) is 1. The molecule has 0 radical (unpaired) electrons. The summed E-state index contributed by atoms with van der Waals surface area (Å²) in [4.78, 5) is 2.43. The summed E-state index contributed by atoms with van der Waals surface area (Å²) in [6, 6.07) is 82.4. The molecule has 9 aromatic rings. The topological polar surface area (TPSA) is 3.24 Å². The highest BCUT2D eigenvalue weighted by Crippen LogP contribution is 2.63. The van der Waals surface area contributed by atoms with Crippen molar-refractivity contribution in [1.82, 2.24) is 0 Å². The predicted molar refractivity (Wildman–Crippen MR) is 234 cm³/mol. The zero-order valence-corrected chi connectivity index (χ0v) is 30.8. The minimum absolute atomic E-state index is 0.416. The molecule has 0 unspecified atom stereocenters. The molecular weight excluding hydrogens is 675 g/mol. The number of benzene rings is 9. The van der Waals surface area contributed by atoms with Gasteiger partial charge in [-0.05, 0) is 114 Å². The van der Waals surface area contributed by atoms with Crippen molar-refractivity contribution in [3.8, 4) is 55.6 Å². The molecular formula is C55H37N. The van der Waals surface area contributed by atoms with Gasteiger partial charge in [0.2, 0.25) is 0 Å². The van der Waals surface area contributed by atoms with Crippen molar-refractivity contribution in [3.05, 3.63) is 247 Å². The van der Waals surface area contributed by atoms with E-state index in [0.29, 0.717) is 0 Å². The number of hydrogen-bond donors (Lipinski definition) is 0. The van der Waals surface area contributed by atoms with E-state index in [1.807, 2.05) is 0 Å². The van der Waals surface area contributed by atoms with Crippen molar-refractivity contribution in [1.29, 1.82) is 0 Å². The van der Waals surface area contributed by atoms with Crippen molar-refractivity contribution in [2.24, 2.45) is 0 Å². The van der Waals surface area contributed by atoms with Crippen molar-refractivity contribution in [2.75, 3.05) is 4.90 Å². The molecule has 0 amide bonds. The molecule has 0 saturated heterocycles. The van der Waals surface area contributed by atoms with Crippen LogP contribution in [0.3, 0.4) is 0 Å². The Morgan fingerprint density at radius 1 is 0.232 bits per heavy atom. The van der Waals surface area contributed by atoms with Gasteiger partial charge in [-0.1, -0.05) is 188 Å². The Morgan fingerprint density at radius 2 is 0.607 bits per heavy atom. The van der Waals surface area contributed by atoms with E-state index in [1.54, 1.807) is 0 Å². The standard InChI is InChI=1S/C55H37N/c1-3-14-38(15-4-1)40-26-28-42(29-27-40)43-18-13-19-45(36-43)56(44-32-30-41(31-33-44)39-16-5-2-6-17-39)46-34-35-50-49-22-9-12-25-53(49)55(54(50)37-46)51-23-10-7-20-47(51)48-21-8-11-24-52(48)55/h1-37H. The van der Waals surface area contributed by atoms with Crippen molar-refractivity contribution >= 4 is 17.1 Å². The lowest BCUT2D eigenvalue weighted by Crippen LogP contribution is -2.26. The average molecular weight is 712 g/mol. The second-order valence-corrected chi connectivity index (χ2v) is 14.9. The van der Waals surface area contributed by atoms with Crippen molar-refractivity contribution < 1.29 is 0 Å². The van der Waals surface area contributed by atoms with Gasteiger partial charge < -0.3 is 4.90 Å². The van der Waals surface area contributed by atoms with E-state index in [1.165, 1.54) is 77.9 Å². The number of fused-ring (bicyclic) bond motifs is 10. The number of rotatable bonds is 6. The summed E-state index contributed by atoms with van der Waals surface area (Å²) in [5, 5.41) is 0. The first-order chi connectivity index (χ1) is 27.8. The molecule has 0 N–H and O–H groups in total. The smallest absolute Gasteiger partial charge is 0.0726 e. The largest absolute Gasteiger partial charge is 0.310 e. The van der Waals surface area contributed by atoms with Crippen LogP contribution in [-0.2, 0) is 5.41 Å². The fraction of sp³-hybridized carbons (Fsp3) is 0.0182. The number of anilines is 3. The van der Waals surface area contributed by atoms with E-state index in [9.17, 15) is 0 Å². The van der Waals surface area contributed by atoms with E-state index in [-0.39, 0.29) is 0 Å². The zero-order valence-electron chi connectivity index (χ0n) is 30.8. The van der Waals surface area contributed by atoms with Gasteiger partial charge in [0, 0.05) is 17.1 Å². The molecule has 1 heteroatoms. The first-order valence-corrected chi connectivity index (χ1v) is 19.4. The maximum absolute atomic E-state index is 2.47. The van der Waals surface area contributed by atoms with Crippen LogP contribution < -0.4 is 4.90 Å². The summed E-state index contributed by atoms with van der Waals surface area (Å²) in [5.74, 6) is 0. The lowest BCUT2D eigenvalue weighted by molar-refractivity contribution is 0.793. The molecule has 0 saturated carbocycles. The van der Waals surface area contributed by atoms with Crippen LogP contribution in [0.5, 0.6) is 0 Å². The normalized spacial score (nSPS) is 12.8. The highest BCUT2D eigenvalue weighted by atomic mass is 15.1. The highest BCUT2D eigenvalue weighted by Gasteiger charge is 2.51. The molecule has 2 aliphatic carbocycles. The van der Waals surface area contributed by atoms with Gasteiger partial charge in [-0.15, -0.1) is 0 Å². The van der Waals surface area contributed by atoms with Gasteiger partial charge in [0.05, 0.1) is 5.41 Å². The van der Waals surface area contributed by atoms with Crippen LogP contribution in [0, 0.1) is 0 Å². The monoisotopic (exact) mass is 711 g/mol. The molecule has 0 fully saturated rings. The van der Waals surface area contributed by atoms with Gasteiger partial charge >= 0.3 is 0 Å². The lowest BCUT2D eigenvalue weighted by atomic mass is 9.70. The summed E-state index contributed by atoms with van der Waals surface area (Å²) >= 11 is 0. The van der Waals surface area contributed by atoms with Crippen LogP contribution in [0.15, 0.2) is 224 Å². The maximum Gasteiger partial charge on any atom is 0.0726 e. The summed E-state index contributed by atoms with van der Waals surface area (Å²) in [6.07, 6.45) is 0. The minimum Gasteiger partial charge on any atom is -0.310 e. The first-order valence-electron chi connectivity index (χ1n) is 19.4. The molecule has 0 aliphatic heterocycles. The molecule has 2 aliphatic rings.